The van der Waals surface area contributed by atoms with Crippen molar-refractivity contribution in [2.45, 2.75) is 25.2 Å². The van der Waals surface area contributed by atoms with E-state index in [9.17, 15) is 22.8 Å². The van der Waals surface area contributed by atoms with Crippen LogP contribution in [0.2, 0.25) is 0 Å². The quantitative estimate of drug-likeness (QED) is 0.446. The van der Waals surface area contributed by atoms with Crippen LogP contribution in [-0.4, -0.2) is 43.3 Å². The second kappa shape index (κ2) is 9.11. The molecule has 184 valence electrons. The van der Waals surface area contributed by atoms with Crippen molar-refractivity contribution in [2.24, 2.45) is 11.8 Å². The lowest BCUT2D eigenvalue weighted by atomic mass is 9.83. The maximum absolute atomic E-state index is 13.2. The highest BCUT2D eigenvalue weighted by atomic mass is 32.2. The molecule has 0 spiro atoms. The van der Waals surface area contributed by atoms with Crippen LogP contribution in [0.4, 0.5) is 5.69 Å². The number of fused-ring (bicyclic) bond motifs is 2. The molecule has 7 nitrogen and oxygen atoms in total. The molecule has 1 saturated heterocycles. The van der Waals surface area contributed by atoms with Gasteiger partial charge in [-0.25, -0.2) is 8.42 Å². The minimum Gasteiger partial charge on any atom is -0.321 e. The number of amides is 1. The number of hydrogen-bond acceptors (Lipinski definition) is 5. The fourth-order valence-corrected chi connectivity index (χ4v) is 6.85. The summed E-state index contributed by atoms with van der Waals surface area (Å²) in [6, 6.07) is 17.1. The van der Waals surface area contributed by atoms with Gasteiger partial charge in [-0.15, -0.1) is 0 Å². The molecule has 0 aromatic heterocycles. The number of carbonyl (C=O) groups is 3. The van der Waals surface area contributed by atoms with Crippen LogP contribution in [0.5, 0.6) is 0 Å². The van der Waals surface area contributed by atoms with Crippen molar-refractivity contribution in [3.63, 3.8) is 0 Å². The van der Waals surface area contributed by atoms with E-state index in [1.165, 1.54) is 28.6 Å². The molecule has 36 heavy (non-hydrogen) atoms. The lowest BCUT2D eigenvalue weighted by Gasteiger charge is -2.34. The van der Waals surface area contributed by atoms with Gasteiger partial charge in [0.2, 0.25) is 10.0 Å². The van der Waals surface area contributed by atoms with Crippen molar-refractivity contribution >= 4 is 33.2 Å². The molecular weight excluding hydrogens is 476 g/mol. The van der Waals surface area contributed by atoms with Crippen molar-refractivity contribution in [3.05, 3.63) is 94.5 Å². The highest BCUT2D eigenvalue weighted by Crippen LogP contribution is 2.32. The third kappa shape index (κ3) is 4.16. The van der Waals surface area contributed by atoms with Gasteiger partial charge in [0.15, 0.2) is 11.6 Å². The van der Waals surface area contributed by atoms with Gasteiger partial charge in [-0.05, 0) is 48.6 Å². The molecule has 1 aliphatic heterocycles. The SMILES string of the molecule is C[C@H]1C[C@H](C)CN(S(=O)(=O)c2ccc(C(=O)Nc3cccc4c3C(=O)c3ccccc3C4=O)cc2)C1. The number of piperidine rings is 1. The summed E-state index contributed by atoms with van der Waals surface area (Å²) < 4.78 is 27.8. The summed E-state index contributed by atoms with van der Waals surface area (Å²) in [5, 5.41) is 2.73. The maximum Gasteiger partial charge on any atom is 0.255 e. The molecule has 1 heterocycles. The Bertz CT molecular complexity index is 1480. The van der Waals surface area contributed by atoms with E-state index in [4.69, 9.17) is 0 Å². The van der Waals surface area contributed by atoms with E-state index in [2.05, 4.69) is 5.32 Å². The number of anilines is 1. The van der Waals surface area contributed by atoms with Gasteiger partial charge in [0.25, 0.3) is 5.91 Å². The van der Waals surface area contributed by atoms with Crippen LogP contribution < -0.4 is 5.32 Å². The van der Waals surface area contributed by atoms with Crippen molar-refractivity contribution in [1.29, 1.82) is 0 Å². The van der Waals surface area contributed by atoms with E-state index in [1.54, 1.807) is 42.5 Å². The molecular formula is C28H26N2O5S. The third-order valence-corrected chi connectivity index (χ3v) is 8.64. The smallest absolute Gasteiger partial charge is 0.255 e. The average molecular weight is 503 g/mol. The van der Waals surface area contributed by atoms with Crippen molar-refractivity contribution < 1.29 is 22.8 Å². The fourth-order valence-electron chi connectivity index (χ4n) is 5.17. The molecule has 8 heteroatoms. The molecule has 0 unspecified atom stereocenters. The molecule has 1 N–H and O–H groups in total. The van der Waals surface area contributed by atoms with E-state index in [-0.39, 0.29) is 50.7 Å². The highest BCUT2D eigenvalue weighted by Gasteiger charge is 2.33. The minimum absolute atomic E-state index is 0.134. The molecule has 2 atom stereocenters. The lowest BCUT2D eigenvalue weighted by Crippen LogP contribution is -2.42. The molecule has 1 aliphatic carbocycles. The van der Waals surface area contributed by atoms with Crippen LogP contribution in [0.15, 0.2) is 71.6 Å². The molecule has 5 rings (SSSR count). The third-order valence-electron chi connectivity index (χ3n) is 6.79. The molecule has 1 amide bonds. The topological polar surface area (TPSA) is 101 Å². The van der Waals surface area contributed by atoms with Crippen LogP contribution in [-0.2, 0) is 10.0 Å². The van der Waals surface area contributed by atoms with Gasteiger partial charge >= 0.3 is 0 Å². The van der Waals surface area contributed by atoms with E-state index in [1.807, 2.05) is 13.8 Å². The Hall–Kier alpha value is -3.62. The predicted molar refractivity (Wildman–Crippen MR) is 136 cm³/mol. The summed E-state index contributed by atoms with van der Waals surface area (Å²) in [7, 11) is -3.66. The Morgan fingerprint density at radius 3 is 2.03 bits per heavy atom. The van der Waals surface area contributed by atoms with Gasteiger partial charge < -0.3 is 5.32 Å². The number of benzene rings is 3. The standard InChI is InChI=1S/C28H26N2O5S/c1-17-14-18(2)16-30(15-17)36(34,35)20-12-10-19(11-13-20)28(33)29-24-9-5-8-23-25(24)27(32)22-7-4-3-6-21(22)26(23)31/h3-13,17-18H,14-16H2,1-2H3,(H,29,33)/t17-,18-/m0/s1. The van der Waals surface area contributed by atoms with Crippen LogP contribution in [0.3, 0.4) is 0 Å². The lowest BCUT2D eigenvalue weighted by molar-refractivity contribution is 0.0978. The van der Waals surface area contributed by atoms with E-state index >= 15 is 0 Å². The fraction of sp³-hybridized carbons (Fsp3) is 0.250. The number of carbonyl (C=O) groups excluding carboxylic acids is 3. The summed E-state index contributed by atoms with van der Waals surface area (Å²) in [5.41, 5.74) is 1.51. The number of sulfonamides is 1. The number of rotatable bonds is 4. The Morgan fingerprint density at radius 1 is 0.806 bits per heavy atom. The Kier molecular flexibility index (Phi) is 6.10. The van der Waals surface area contributed by atoms with Crippen LogP contribution in [0, 0.1) is 11.8 Å². The Morgan fingerprint density at radius 2 is 1.39 bits per heavy atom. The number of ketones is 2. The molecule has 0 saturated carbocycles. The molecule has 0 bridgehead atoms. The largest absolute Gasteiger partial charge is 0.321 e. The molecule has 2 aliphatic rings. The first-order chi connectivity index (χ1) is 17.2. The molecule has 3 aromatic rings. The van der Waals surface area contributed by atoms with Gasteiger partial charge in [0, 0.05) is 35.3 Å². The van der Waals surface area contributed by atoms with Crippen molar-refractivity contribution in [2.75, 3.05) is 18.4 Å². The van der Waals surface area contributed by atoms with Crippen molar-refractivity contribution in [1.82, 2.24) is 4.31 Å². The summed E-state index contributed by atoms with van der Waals surface area (Å²) in [6.45, 7) is 5.05. The van der Waals surface area contributed by atoms with E-state index in [0.717, 1.165) is 6.42 Å². The molecule has 0 radical (unpaired) electrons. The Balaban J connectivity index is 1.39. The maximum atomic E-state index is 13.2. The van der Waals surface area contributed by atoms with Gasteiger partial charge in [0.1, 0.15) is 0 Å². The first kappa shape index (κ1) is 24.1. The minimum atomic E-state index is -3.66. The Labute approximate surface area is 210 Å². The number of nitrogens with zero attached hydrogens (tertiary/aromatic N) is 1. The van der Waals surface area contributed by atoms with E-state index in [0.29, 0.717) is 24.2 Å². The van der Waals surface area contributed by atoms with Gasteiger partial charge in [-0.3, -0.25) is 14.4 Å². The van der Waals surface area contributed by atoms with E-state index < -0.39 is 15.9 Å². The highest BCUT2D eigenvalue weighted by molar-refractivity contribution is 7.89. The zero-order valence-corrected chi connectivity index (χ0v) is 20.8. The second-order valence-electron chi connectivity index (χ2n) is 9.68. The van der Waals surface area contributed by atoms with Crippen LogP contribution >= 0.6 is 0 Å². The number of hydrogen-bond donors (Lipinski definition) is 1. The van der Waals surface area contributed by atoms with Crippen molar-refractivity contribution in [3.8, 4) is 0 Å². The number of nitrogens with one attached hydrogen (secondary N) is 1. The summed E-state index contributed by atoms with van der Waals surface area (Å²) in [6.07, 6.45) is 0.994. The van der Waals surface area contributed by atoms with Gasteiger partial charge in [-0.1, -0.05) is 50.2 Å². The van der Waals surface area contributed by atoms with Gasteiger partial charge in [-0.2, -0.15) is 4.31 Å². The van der Waals surface area contributed by atoms with Crippen LogP contribution in [0.25, 0.3) is 0 Å². The molecule has 3 aromatic carbocycles. The summed E-state index contributed by atoms with van der Waals surface area (Å²) >= 11 is 0. The molecule has 1 fully saturated rings. The zero-order chi connectivity index (χ0) is 25.6. The first-order valence-electron chi connectivity index (χ1n) is 11.9. The predicted octanol–water partition coefficient (Wildman–Crippen LogP) is 4.38. The van der Waals surface area contributed by atoms with Crippen LogP contribution in [0.1, 0.15) is 62.5 Å². The first-order valence-corrected chi connectivity index (χ1v) is 13.3. The zero-order valence-electron chi connectivity index (χ0n) is 20.0. The van der Waals surface area contributed by atoms with Gasteiger partial charge in [0.05, 0.1) is 16.1 Å². The summed E-state index contributed by atoms with van der Waals surface area (Å²) in [4.78, 5) is 39.3. The average Bonchev–Trinajstić information content (AvgIpc) is 2.86. The second-order valence-corrected chi connectivity index (χ2v) is 11.6. The normalized spacial score (nSPS) is 19.9. The summed E-state index contributed by atoms with van der Waals surface area (Å²) in [5.74, 6) is -0.541. The monoisotopic (exact) mass is 502 g/mol.